The molecule has 0 bridgehead atoms. The van der Waals surface area contributed by atoms with Crippen LogP contribution >= 0.6 is 11.6 Å². The van der Waals surface area contributed by atoms with Crippen LogP contribution in [0.2, 0.25) is 5.02 Å². The van der Waals surface area contributed by atoms with Gasteiger partial charge < -0.3 is 5.11 Å². The number of hydrogen-bond acceptors (Lipinski definition) is 2. The molecule has 2 rings (SSSR count). The highest BCUT2D eigenvalue weighted by Crippen LogP contribution is 2.42. The summed E-state index contributed by atoms with van der Waals surface area (Å²) in [7, 11) is 0. The number of hydrogen-bond donors (Lipinski definition) is 1. The molecular formula is C10H8ClFO2. The molecule has 0 heterocycles. The fraction of sp³-hybridized carbons (Fsp3) is 0.300. The average Bonchev–Trinajstić information content (AvgIpc) is 2.38. The normalized spacial score (nSPS) is 19.9. The Hall–Kier alpha value is -1.09. The van der Waals surface area contributed by atoms with Crippen LogP contribution in [0.4, 0.5) is 4.39 Å². The number of halogens is 2. The molecule has 0 amide bonds. The SMILES string of the molecule is C[C@H]1CC(=O)c2c(O)c(Cl)cc(F)c21. The maximum atomic E-state index is 13.4. The van der Waals surface area contributed by atoms with E-state index in [4.69, 9.17) is 11.6 Å². The van der Waals surface area contributed by atoms with Crippen LogP contribution in [-0.4, -0.2) is 10.9 Å². The first-order valence-corrected chi connectivity index (χ1v) is 4.64. The molecule has 1 aliphatic carbocycles. The van der Waals surface area contributed by atoms with E-state index in [2.05, 4.69) is 0 Å². The predicted molar refractivity (Wildman–Crippen MR) is 50.4 cm³/mol. The van der Waals surface area contributed by atoms with Crippen LogP contribution in [0, 0.1) is 5.82 Å². The average molecular weight is 215 g/mol. The van der Waals surface area contributed by atoms with Crippen molar-refractivity contribution < 1.29 is 14.3 Å². The second-order valence-electron chi connectivity index (χ2n) is 3.51. The Balaban J connectivity index is 2.79. The van der Waals surface area contributed by atoms with E-state index in [9.17, 15) is 14.3 Å². The molecule has 2 nitrogen and oxygen atoms in total. The van der Waals surface area contributed by atoms with Crippen molar-refractivity contribution in [3.05, 3.63) is 28.0 Å². The lowest BCUT2D eigenvalue weighted by molar-refractivity contribution is 0.0988. The van der Waals surface area contributed by atoms with Crippen LogP contribution in [0.1, 0.15) is 35.2 Å². The molecule has 0 saturated heterocycles. The Morgan fingerprint density at radius 2 is 2.29 bits per heavy atom. The van der Waals surface area contributed by atoms with Gasteiger partial charge in [-0.3, -0.25) is 4.79 Å². The Morgan fingerprint density at radius 1 is 1.64 bits per heavy atom. The summed E-state index contributed by atoms with van der Waals surface area (Å²) in [5.74, 6) is -1.23. The number of fused-ring (bicyclic) bond motifs is 1. The van der Waals surface area contributed by atoms with Gasteiger partial charge in [0.05, 0.1) is 10.6 Å². The molecule has 0 unspecified atom stereocenters. The lowest BCUT2D eigenvalue weighted by Crippen LogP contribution is -1.95. The van der Waals surface area contributed by atoms with Crippen LogP contribution < -0.4 is 0 Å². The number of ketones is 1. The second-order valence-corrected chi connectivity index (χ2v) is 3.91. The monoisotopic (exact) mass is 214 g/mol. The van der Waals surface area contributed by atoms with E-state index in [1.54, 1.807) is 6.92 Å². The largest absolute Gasteiger partial charge is 0.506 e. The third-order valence-electron chi connectivity index (χ3n) is 2.51. The van der Waals surface area contributed by atoms with E-state index >= 15 is 0 Å². The number of Topliss-reactive ketones (excluding diaryl/α,β-unsaturated/α-hetero) is 1. The van der Waals surface area contributed by atoms with Crippen molar-refractivity contribution >= 4 is 17.4 Å². The lowest BCUT2D eigenvalue weighted by Gasteiger charge is -2.07. The van der Waals surface area contributed by atoms with Crippen molar-refractivity contribution in [2.24, 2.45) is 0 Å². The molecule has 1 N–H and O–H groups in total. The Kier molecular flexibility index (Phi) is 2.00. The summed E-state index contributed by atoms with van der Waals surface area (Å²) in [4.78, 5) is 11.4. The molecule has 0 aromatic heterocycles. The zero-order valence-corrected chi connectivity index (χ0v) is 8.23. The van der Waals surface area contributed by atoms with E-state index in [0.717, 1.165) is 6.07 Å². The summed E-state index contributed by atoms with van der Waals surface area (Å²) in [6.07, 6.45) is 0.236. The van der Waals surface area contributed by atoms with Crippen LogP contribution in [0.3, 0.4) is 0 Å². The predicted octanol–water partition coefficient (Wildman–Crippen LogP) is 2.87. The highest BCUT2D eigenvalue weighted by molar-refractivity contribution is 6.32. The fourth-order valence-corrected chi connectivity index (χ4v) is 2.06. The summed E-state index contributed by atoms with van der Waals surface area (Å²) >= 11 is 5.57. The van der Waals surface area contributed by atoms with Crippen LogP contribution in [-0.2, 0) is 0 Å². The highest BCUT2D eigenvalue weighted by atomic mass is 35.5. The van der Waals surface area contributed by atoms with Gasteiger partial charge in [-0.25, -0.2) is 4.39 Å². The summed E-state index contributed by atoms with van der Waals surface area (Å²) in [5, 5.41) is 9.40. The molecule has 4 heteroatoms. The minimum absolute atomic E-state index is 0.0579. The first-order chi connectivity index (χ1) is 6.52. The Labute approximate surface area is 85.3 Å². The third-order valence-corrected chi connectivity index (χ3v) is 2.79. The van der Waals surface area contributed by atoms with Gasteiger partial charge in [-0.05, 0) is 12.0 Å². The molecule has 0 spiro atoms. The molecule has 1 aromatic carbocycles. The molecular weight excluding hydrogens is 207 g/mol. The second kappa shape index (κ2) is 2.95. The molecule has 1 aromatic rings. The van der Waals surface area contributed by atoms with Crippen molar-refractivity contribution in [2.45, 2.75) is 19.3 Å². The number of carbonyl (C=O) groups is 1. The van der Waals surface area contributed by atoms with Crippen molar-refractivity contribution in [3.8, 4) is 5.75 Å². The van der Waals surface area contributed by atoms with Gasteiger partial charge in [0.2, 0.25) is 0 Å². The van der Waals surface area contributed by atoms with E-state index in [1.165, 1.54) is 0 Å². The van der Waals surface area contributed by atoms with Gasteiger partial charge in [0.1, 0.15) is 11.6 Å². The first kappa shape index (κ1) is 9.46. The molecule has 0 fully saturated rings. The Bertz CT molecular complexity index is 429. The topological polar surface area (TPSA) is 37.3 Å². The van der Waals surface area contributed by atoms with E-state index in [1.807, 2.05) is 0 Å². The molecule has 1 atom stereocenters. The third kappa shape index (κ3) is 1.12. The minimum Gasteiger partial charge on any atom is -0.506 e. The number of phenols is 1. The van der Waals surface area contributed by atoms with Gasteiger partial charge in [0.25, 0.3) is 0 Å². The first-order valence-electron chi connectivity index (χ1n) is 4.26. The highest BCUT2D eigenvalue weighted by Gasteiger charge is 2.33. The molecule has 1 aliphatic rings. The fourth-order valence-electron chi connectivity index (χ4n) is 1.87. The summed E-state index contributed by atoms with van der Waals surface area (Å²) < 4.78 is 13.4. The van der Waals surface area contributed by atoms with Gasteiger partial charge in [-0.2, -0.15) is 0 Å². The van der Waals surface area contributed by atoms with E-state index in [-0.39, 0.29) is 40.0 Å². The molecule has 0 radical (unpaired) electrons. The lowest BCUT2D eigenvalue weighted by atomic mass is 10.0. The van der Waals surface area contributed by atoms with Crippen molar-refractivity contribution in [1.29, 1.82) is 0 Å². The van der Waals surface area contributed by atoms with Gasteiger partial charge in [-0.15, -0.1) is 0 Å². The Morgan fingerprint density at radius 3 is 2.93 bits per heavy atom. The maximum absolute atomic E-state index is 13.4. The summed E-state index contributed by atoms with van der Waals surface area (Å²) in [5.41, 5.74) is 0.347. The molecule has 14 heavy (non-hydrogen) atoms. The maximum Gasteiger partial charge on any atom is 0.167 e. The van der Waals surface area contributed by atoms with Crippen LogP contribution in [0.25, 0.3) is 0 Å². The minimum atomic E-state index is -0.513. The van der Waals surface area contributed by atoms with Crippen LogP contribution in [0.15, 0.2) is 6.07 Å². The molecule has 0 saturated carbocycles. The van der Waals surface area contributed by atoms with Gasteiger partial charge in [0, 0.05) is 12.0 Å². The van der Waals surface area contributed by atoms with Gasteiger partial charge >= 0.3 is 0 Å². The van der Waals surface area contributed by atoms with Crippen LogP contribution in [0.5, 0.6) is 5.75 Å². The molecule has 0 aliphatic heterocycles. The standard InChI is InChI=1S/C10H8ClFO2/c1-4-2-7(13)9-8(4)6(12)3-5(11)10(9)14/h3-4,14H,2H2,1H3/t4-/m0/s1. The summed E-state index contributed by atoms with van der Waals surface area (Å²) in [6.45, 7) is 1.75. The molecule has 74 valence electrons. The van der Waals surface area contributed by atoms with E-state index < -0.39 is 5.82 Å². The van der Waals surface area contributed by atoms with Gasteiger partial charge in [-0.1, -0.05) is 18.5 Å². The smallest absolute Gasteiger partial charge is 0.167 e. The zero-order chi connectivity index (χ0) is 10.5. The number of aromatic hydroxyl groups is 1. The quantitative estimate of drug-likeness (QED) is 0.721. The zero-order valence-electron chi connectivity index (χ0n) is 7.47. The van der Waals surface area contributed by atoms with Crippen molar-refractivity contribution in [2.75, 3.05) is 0 Å². The van der Waals surface area contributed by atoms with E-state index in [0.29, 0.717) is 0 Å². The van der Waals surface area contributed by atoms with Gasteiger partial charge in [0.15, 0.2) is 5.78 Å². The number of rotatable bonds is 0. The number of benzene rings is 1. The van der Waals surface area contributed by atoms with Crippen molar-refractivity contribution in [3.63, 3.8) is 0 Å². The van der Waals surface area contributed by atoms with Crippen molar-refractivity contribution in [1.82, 2.24) is 0 Å². The summed E-state index contributed by atoms with van der Waals surface area (Å²) in [6, 6.07) is 1.05. The number of phenolic OH excluding ortho intramolecular Hbond substituents is 1. The number of carbonyl (C=O) groups excluding carboxylic acids is 1.